The van der Waals surface area contributed by atoms with Gasteiger partial charge in [-0.15, -0.1) is 24.0 Å². The van der Waals surface area contributed by atoms with E-state index in [9.17, 15) is 0 Å². The standard InChI is InChI=1S/C17H29N5O.HI/c1-2-6-18-17(19-7-5-16-4-3-12-23-16)20-13-15-14-21-8-10-22(15)11-9-21;/h3-4,12,15H,2,5-11,13-14H2,1H3,(H2,18,19,20);1H. The van der Waals surface area contributed by atoms with Crippen LogP contribution in [0.4, 0.5) is 0 Å². The van der Waals surface area contributed by atoms with Gasteiger partial charge in [-0.2, -0.15) is 0 Å². The summed E-state index contributed by atoms with van der Waals surface area (Å²) in [5, 5.41) is 6.83. The van der Waals surface area contributed by atoms with Gasteiger partial charge in [0.1, 0.15) is 5.76 Å². The zero-order valence-corrected chi connectivity index (χ0v) is 16.9. The number of fused-ring (bicyclic) bond motifs is 3. The first kappa shape index (κ1) is 19.5. The lowest BCUT2D eigenvalue weighted by Crippen LogP contribution is -2.62. The van der Waals surface area contributed by atoms with Crippen LogP contribution in [0.1, 0.15) is 19.1 Å². The lowest BCUT2D eigenvalue weighted by Gasteiger charge is -2.47. The average Bonchev–Trinajstić information content (AvgIpc) is 3.11. The lowest BCUT2D eigenvalue weighted by molar-refractivity contribution is 0.0174. The van der Waals surface area contributed by atoms with Gasteiger partial charge in [0.25, 0.3) is 0 Å². The number of furan rings is 1. The number of piperazine rings is 3. The van der Waals surface area contributed by atoms with Crippen molar-refractivity contribution < 1.29 is 4.42 Å². The molecule has 1 aromatic heterocycles. The number of hydrogen-bond donors (Lipinski definition) is 2. The van der Waals surface area contributed by atoms with Gasteiger partial charge in [-0.1, -0.05) is 6.92 Å². The molecule has 0 aliphatic carbocycles. The summed E-state index contributed by atoms with van der Waals surface area (Å²) >= 11 is 0. The molecule has 0 amide bonds. The fourth-order valence-electron chi connectivity index (χ4n) is 3.27. The number of rotatable bonds is 7. The van der Waals surface area contributed by atoms with Crippen LogP contribution in [0, 0.1) is 0 Å². The highest BCUT2D eigenvalue weighted by Crippen LogP contribution is 2.15. The predicted octanol–water partition coefficient (Wildman–Crippen LogP) is 1.39. The van der Waals surface area contributed by atoms with E-state index >= 15 is 0 Å². The van der Waals surface area contributed by atoms with Gasteiger partial charge >= 0.3 is 0 Å². The van der Waals surface area contributed by atoms with Crippen LogP contribution in [0.3, 0.4) is 0 Å². The summed E-state index contributed by atoms with van der Waals surface area (Å²) in [6.07, 6.45) is 3.70. The van der Waals surface area contributed by atoms with Crippen LogP contribution in [0.25, 0.3) is 0 Å². The average molecular weight is 447 g/mol. The maximum Gasteiger partial charge on any atom is 0.191 e. The Kier molecular flexibility index (Phi) is 8.34. The Balaban J connectivity index is 0.00000208. The molecule has 1 unspecified atom stereocenters. The first-order chi connectivity index (χ1) is 11.3. The summed E-state index contributed by atoms with van der Waals surface area (Å²) in [5.41, 5.74) is 0. The van der Waals surface area contributed by atoms with Crippen LogP contribution in [0.15, 0.2) is 27.8 Å². The molecule has 4 rings (SSSR count). The van der Waals surface area contributed by atoms with Gasteiger partial charge in [0.05, 0.1) is 12.8 Å². The number of aliphatic imine (C=N–C) groups is 1. The number of halogens is 1. The van der Waals surface area contributed by atoms with E-state index in [0.717, 1.165) is 50.7 Å². The molecule has 0 radical (unpaired) electrons. The molecule has 3 aliphatic heterocycles. The second kappa shape index (κ2) is 10.2. The molecular formula is C17H30IN5O. The monoisotopic (exact) mass is 447 g/mol. The second-order valence-corrected chi connectivity index (χ2v) is 6.36. The van der Waals surface area contributed by atoms with Crippen LogP contribution in [-0.2, 0) is 6.42 Å². The van der Waals surface area contributed by atoms with E-state index in [-0.39, 0.29) is 24.0 Å². The maximum atomic E-state index is 5.37. The van der Waals surface area contributed by atoms with Crippen LogP contribution < -0.4 is 10.6 Å². The SMILES string of the molecule is CCCNC(=NCC1CN2CCN1CC2)NCCc1ccco1.I. The van der Waals surface area contributed by atoms with E-state index in [0.29, 0.717) is 6.04 Å². The van der Waals surface area contributed by atoms with Crippen molar-refractivity contribution in [3.8, 4) is 0 Å². The first-order valence-electron chi connectivity index (χ1n) is 8.86. The Morgan fingerprint density at radius 1 is 1.25 bits per heavy atom. The minimum Gasteiger partial charge on any atom is -0.469 e. The third-order valence-electron chi connectivity index (χ3n) is 4.64. The van der Waals surface area contributed by atoms with E-state index in [1.165, 1.54) is 26.2 Å². The highest BCUT2D eigenvalue weighted by molar-refractivity contribution is 14.0. The van der Waals surface area contributed by atoms with Crippen molar-refractivity contribution in [2.45, 2.75) is 25.8 Å². The van der Waals surface area contributed by atoms with Gasteiger partial charge in [0, 0.05) is 58.3 Å². The molecule has 0 aromatic carbocycles. The van der Waals surface area contributed by atoms with E-state index in [1.54, 1.807) is 6.26 Å². The molecule has 3 saturated heterocycles. The second-order valence-electron chi connectivity index (χ2n) is 6.36. The molecule has 1 atom stereocenters. The summed E-state index contributed by atoms with van der Waals surface area (Å²) in [7, 11) is 0. The Morgan fingerprint density at radius 2 is 2.04 bits per heavy atom. The molecule has 2 N–H and O–H groups in total. The Morgan fingerprint density at radius 3 is 2.67 bits per heavy atom. The zero-order valence-electron chi connectivity index (χ0n) is 14.5. The predicted molar refractivity (Wildman–Crippen MR) is 108 cm³/mol. The van der Waals surface area contributed by atoms with Gasteiger partial charge in [-0.3, -0.25) is 14.8 Å². The molecule has 4 heterocycles. The summed E-state index contributed by atoms with van der Waals surface area (Å²) in [5.74, 6) is 1.94. The highest BCUT2D eigenvalue weighted by atomic mass is 127. The molecule has 2 bridgehead atoms. The van der Waals surface area contributed by atoms with Crippen molar-refractivity contribution in [2.75, 3.05) is 52.4 Å². The topological polar surface area (TPSA) is 56.0 Å². The van der Waals surface area contributed by atoms with Crippen LogP contribution >= 0.6 is 24.0 Å². The molecule has 3 fully saturated rings. The van der Waals surface area contributed by atoms with Gasteiger partial charge in [-0.05, 0) is 18.6 Å². The molecule has 24 heavy (non-hydrogen) atoms. The van der Waals surface area contributed by atoms with Crippen LogP contribution in [0.5, 0.6) is 0 Å². The smallest absolute Gasteiger partial charge is 0.191 e. The minimum absolute atomic E-state index is 0. The molecular weight excluding hydrogens is 417 g/mol. The summed E-state index contributed by atoms with van der Waals surface area (Å²) < 4.78 is 5.37. The Bertz CT molecular complexity index is 485. The molecule has 6 nitrogen and oxygen atoms in total. The fraction of sp³-hybridized carbons (Fsp3) is 0.706. The van der Waals surface area contributed by atoms with E-state index in [1.807, 2.05) is 12.1 Å². The largest absolute Gasteiger partial charge is 0.469 e. The zero-order chi connectivity index (χ0) is 15.9. The summed E-state index contributed by atoms with van der Waals surface area (Å²) in [6.45, 7) is 10.8. The first-order valence-corrected chi connectivity index (χ1v) is 8.86. The van der Waals surface area contributed by atoms with Crippen molar-refractivity contribution >= 4 is 29.9 Å². The number of guanidine groups is 1. The van der Waals surface area contributed by atoms with E-state index in [2.05, 4.69) is 27.4 Å². The van der Waals surface area contributed by atoms with Crippen molar-refractivity contribution in [2.24, 2.45) is 4.99 Å². The van der Waals surface area contributed by atoms with Gasteiger partial charge in [-0.25, -0.2) is 0 Å². The number of nitrogens with one attached hydrogen (secondary N) is 2. The van der Waals surface area contributed by atoms with Crippen LogP contribution in [-0.4, -0.2) is 74.2 Å². The normalized spacial score (nSPS) is 26.0. The highest BCUT2D eigenvalue weighted by Gasteiger charge is 2.31. The molecule has 7 heteroatoms. The summed E-state index contributed by atoms with van der Waals surface area (Å²) in [6, 6.07) is 4.52. The van der Waals surface area contributed by atoms with E-state index < -0.39 is 0 Å². The maximum absolute atomic E-state index is 5.37. The van der Waals surface area contributed by atoms with Crippen molar-refractivity contribution in [1.82, 2.24) is 20.4 Å². The van der Waals surface area contributed by atoms with E-state index in [4.69, 9.17) is 9.41 Å². The van der Waals surface area contributed by atoms with Gasteiger partial charge < -0.3 is 15.1 Å². The minimum atomic E-state index is 0. The Hall–Kier alpha value is -0.800. The summed E-state index contributed by atoms with van der Waals surface area (Å²) in [4.78, 5) is 9.96. The molecule has 1 aromatic rings. The van der Waals surface area contributed by atoms with Gasteiger partial charge in [0.15, 0.2) is 5.96 Å². The third-order valence-corrected chi connectivity index (χ3v) is 4.64. The fourth-order valence-corrected chi connectivity index (χ4v) is 3.27. The molecule has 3 aliphatic rings. The number of hydrogen-bond acceptors (Lipinski definition) is 4. The third kappa shape index (κ3) is 5.63. The molecule has 0 saturated carbocycles. The van der Waals surface area contributed by atoms with Crippen LogP contribution in [0.2, 0.25) is 0 Å². The van der Waals surface area contributed by atoms with Crippen molar-refractivity contribution in [3.63, 3.8) is 0 Å². The number of nitrogens with zero attached hydrogens (tertiary/aromatic N) is 3. The van der Waals surface area contributed by atoms with Gasteiger partial charge in [0.2, 0.25) is 0 Å². The molecule has 0 spiro atoms. The molecule has 136 valence electrons. The Labute approximate surface area is 162 Å². The van der Waals surface area contributed by atoms with Crippen molar-refractivity contribution in [3.05, 3.63) is 24.2 Å². The van der Waals surface area contributed by atoms with Crippen molar-refractivity contribution in [1.29, 1.82) is 0 Å². The lowest BCUT2D eigenvalue weighted by atomic mass is 10.1. The quantitative estimate of drug-likeness (QED) is 0.376.